The van der Waals surface area contributed by atoms with Gasteiger partial charge >= 0.3 is 12.2 Å². The third kappa shape index (κ3) is 4.36. The molecule has 2 N–H and O–H groups in total. The molecule has 148 valence electrons. The van der Waals surface area contributed by atoms with Gasteiger partial charge in [-0.25, -0.2) is 4.79 Å². The van der Waals surface area contributed by atoms with Crippen LogP contribution in [0, 0.1) is 0 Å². The monoisotopic (exact) mass is 393 g/mol. The molecule has 1 unspecified atom stereocenters. The van der Waals surface area contributed by atoms with Gasteiger partial charge in [-0.1, -0.05) is 18.2 Å². The molecule has 0 aliphatic carbocycles. The van der Waals surface area contributed by atoms with Crippen molar-refractivity contribution in [3.63, 3.8) is 0 Å². The number of carbonyl (C=O) groups excluding carboxylic acids is 2. The first-order valence-electron chi connectivity index (χ1n) is 8.44. The zero-order valence-corrected chi connectivity index (χ0v) is 14.9. The van der Waals surface area contributed by atoms with Gasteiger partial charge in [-0.05, 0) is 29.8 Å². The molecule has 0 radical (unpaired) electrons. The summed E-state index contributed by atoms with van der Waals surface area (Å²) >= 11 is 0. The van der Waals surface area contributed by atoms with Crippen molar-refractivity contribution in [3.05, 3.63) is 59.7 Å². The fourth-order valence-electron chi connectivity index (χ4n) is 2.81. The highest BCUT2D eigenvalue weighted by atomic mass is 19.4. The van der Waals surface area contributed by atoms with Crippen LogP contribution in [-0.2, 0) is 17.5 Å². The van der Waals surface area contributed by atoms with Crippen molar-refractivity contribution in [2.24, 2.45) is 0 Å². The summed E-state index contributed by atoms with van der Waals surface area (Å²) in [5.41, 5.74) is 0.366. The minimum atomic E-state index is -4.40. The van der Waals surface area contributed by atoms with Gasteiger partial charge in [0, 0.05) is 18.3 Å². The zero-order chi connectivity index (χ0) is 20.3. The molecule has 1 heterocycles. The van der Waals surface area contributed by atoms with Crippen LogP contribution >= 0.6 is 0 Å². The van der Waals surface area contributed by atoms with Gasteiger partial charge in [-0.2, -0.15) is 13.2 Å². The molecule has 1 atom stereocenters. The standard InChI is InChI=1S/C19H18F3N3O3/c1-28-15-4-2-3-14(9-15)25-11-16(24-18(25)27)17(26)23-10-12-5-7-13(8-6-12)19(20,21)22/h2-9,16H,10-11H2,1H3,(H,23,26)(H,24,27). The number of nitrogens with one attached hydrogen (secondary N) is 2. The topological polar surface area (TPSA) is 70.7 Å². The van der Waals surface area contributed by atoms with Gasteiger partial charge in [-0.15, -0.1) is 0 Å². The number of amides is 3. The van der Waals surface area contributed by atoms with Crippen LogP contribution in [0.3, 0.4) is 0 Å². The van der Waals surface area contributed by atoms with E-state index in [2.05, 4.69) is 10.6 Å². The number of alkyl halides is 3. The lowest BCUT2D eigenvalue weighted by Crippen LogP contribution is -2.42. The molecule has 0 saturated carbocycles. The van der Waals surface area contributed by atoms with Gasteiger partial charge in [0.25, 0.3) is 0 Å². The summed E-state index contributed by atoms with van der Waals surface area (Å²) in [6, 6.07) is 10.2. The van der Waals surface area contributed by atoms with E-state index < -0.39 is 29.7 Å². The Bertz CT molecular complexity index is 869. The maximum atomic E-state index is 12.6. The Hall–Kier alpha value is -3.23. The molecule has 1 saturated heterocycles. The molecule has 28 heavy (non-hydrogen) atoms. The fraction of sp³-hybridized carbons (Fsp3) is 0.263. The van der Waals surface area contributed by atoms with Crippen LogP contribution in [0.4, 0.5) is 23.7 Å². The highest BCUT2D eigenvalue weighted by Crippen LogP contribution is 2.29. The van der Waals surface area contributed by atoms with Gasteiger partial charge in [0.1, 0.15) is 11.8 Å². The van der Waals surface area contributed by atoms with Crippen molar-refractivity contribution in [3.8, 4) is 5.75 Å². The summed E-state index contributed by atoms with van der Waals surface area (Å²) in [6.45, 7) is 0.188. The molecular formula is C19H18F3N3O3. The Morgan fingerprint density at radius 1 is 1.25 bits per heavy atom. The Morgan fingerprint density at radius 2 is 1.96 bits per heavy atom. The van der Waals surface area contributed by atoms with E-state index in [9.17, 15) is 22.8 Å². The molecule has 1 fully saturated rings. The lowest BCUT2D eigenvalue weighted by atomic mass is 10.1. The number of hydrogen-bond donors (Lipinski definition) is 2. The predicted octanol–water partition coefficient (Wildman–Crippen LogP) is 2.93. The van der Waals surface area contributed by atoms with E-state index in [1.165, 1.54) is 24.1 Å². The third-order valence-corrected chi connectivity index (χ3v) is 4.34. The molecule has 0 bridgehead atoms. The van der Waals surface area contributed by atoms with Gasteiger partial charge in [0.2, 0.25) is 5.91 Å². The van der Waals surface area contributed by atoms with E-state index in [1.807, 2.05) is 0 Å². The SMILES string of the molecule is COc1cccc(N2CC(C(=O)NCc3ccc(C(F)(F)F)cc3)NC2=O)c1. The third-order valence-electron chi connectivity index (χ3n) is 4.34. The Balaban J connectivity index is 1.59. The van der Waals surface area contributed by atoms with E-state index >= 15 is 0 Å². The van der Waals surface area contributed by atoms with Crippen molar-refractivity contribution in [1.82, 2.24) is 10.6 Å². The average molecular weight is 393 g/mol. The highest BCUT2D eigenvalue weighted by Gasteiger charge is 2.34. The van der Waals surface area contributed by atoms with Crippen LogP contribution in [0.25, 0.3) is 0 Å². The number of ether oxygens (including phenoxy) is 1. The van der Waals surface area contributed by atoms with E-state index in [4.69, 9.17) is 4.74 Å². The zero-order valence-electron chi connectivity index (χ0n) is 14.9. The maximum absolute atomic E-state index is 12.6. The van der Waals surface area contributed by atoms with Crippen molar-refractivity contribution >= 4 is 17.6 Å². The molecule has 0 spiro atoms. The highest BCUT2D eigenvalue weighted by molar-refractivity contribution is 6.00. The minimum Gasteiger partial charge on any atom is -0.497 e. The quantitative estimate of drug-likeness (QED) is 0.821. The summed E-state index contributed by atoms with van der Waals surface area (Å²) in [5.74, 6) is 0.166. The Labute approximate surface area is 159 Å². The van der Waals surface area contributed by atoms with Gasteiger partial charge < -0.3 is 15.4 Å². The van der Waals surface area contributed by atoms with Crippen LogP contribution in [0.1, 0.15) is 11.1 Å². The molecule has 3 amide bonds. The molecule has 2 aromatic carbocycles. The van der Waals surface area contributed by atoms with Gasteiger partial charge in [0.05, 0.1) is 19.2 Å². The van der Waals surface area contributed by atoms with Crippen LogP contribution in [-0.4, -0.2) is 31.6 Å². The average Bonchev–Trinajstić information content (AvgIpc) is 3.07. The summed E-state index contributed by atoms with van der Waals surface area (Å²) in [6.07, 6.45) is -4.40. The second-order valence-electron chi connectivity index (χ2n) is 6.23. The first kappa shape index (κ1) is 19.5. The Morgan fingerprint density at radius 3 is 2.61 bits per heavy atom. The van der Waals surface area contributed by atoms with Gasteiger partial charge in [0.15, 0.2) is 0 Å². The number of hydrogen-bond acceptors (Lipinski definition) is 3. The van der Waals surface area contributed by atoms with Crippen LogP contribution in [0.15, 0.2) is 48.5 Å². The maximum Gasteiger partial charge on any atom is 0.416 e. The first-order chi connectivity index (χ1) is 13.3. The van der Waals surface area contributed by atoms with E-state index in [0.29, 0.717) is 17.0 Å². The van der Waals surface area contributed by atoms with E-state index in [0.717, 1.165) is 12.1 Å². The second kappa shape index (κ2) is 7.79. The molecule has 2 aromatic rings. The van der Waals surface area contributed by atoms with Crippen LogP contribution < -0.4 is 20.3 Å². The number of anilines is 1. The molecule has 9 heteroatoms. The molecule has 6 nitrogen and oxygen atoms in total. The Kier molecular flexibility index (Phi) is 5.43. The summed E-state index contributed by atoms with van der Waals surface area (Å²) in [7, 11) is 1.51. The van der Waals surface area contributed by atoms with Crippen molar-refractivity contribution < 1.29 is 27.5 Å². The lowest BCUT2D eigenvalue weighted by Gasteiger charge is -2.15. The first-order valence-corrected chi connectivity index (χ1v) is 8.44. The van der Waals surface area contributed by atoms with Crippen molar-refractivity contribution in [2.45, 2.75) is 18.8 Å². The predicted molar refractivity (Wildman–Crippen MR) is 96.0 cm³/mol. The number of benzene rings is 2. The summed E-state index contributed by atoms with van der Waals surface area (Å²) in [5, 5.41) is 5.22. The smallest absolute Gasteiger partial charge is 0.416 e. The number of carbonyl (C=O) groups is 2. The lowest BCUT2D eigenvalue weighted by molar-refractivity contribution is -0.137. The molecule has 3 rings (SSSR count). The summed E-state index contributed by atoms with van der Waals surface area (Å²) in [4.78, 5) is 25.9. The van der Waals surface area contributed by atoms with Crippen molar-refractivity contribution in [2.75, 3.05) is 18.6 Å². The molecular weight excluding hydrogens is 375 g/mol. The normalized spacial score (nSPS) is 16.6. The number of halogens is 3. The molecule has 1 aliphatic heterocycles. The number of rotatable bonds is 5. The van der Waals surface area contributed by atoms with Gasteiger partial charge in [-0.3, -0.25) is 9.69 Å². The second-order valence-corrected chi connectivity index (χ2v) is 6.23. The minimum absolute atomic E-state index is 0.0580. The van der Waals surface area contributed by atoms with E-state index in [-0.39, 0.29) is 13.1 Å². The van der Waals surface area contributed by atoms with E-state index in [1.54, 1.807) is 24.3 Å². The number of urea groups is 1. The largest absolute Gasteiger partial charge is 0.497 e. The molecule has 0 aromatic heterocycles. The summed E-state index contributed by atoms with van der Waals surface area (Å²) < 4.78 is 42.9. The fourth-order valence-corrected chi connectivity index (χ4v) is 2.81. The van der Waals surface area contributed by atoms with Crippen LogP contribution in [0.2, 0.25) is 0 Å². The molecule has 1 aliphatic rings. The van der Waals surface area contributed by atoms with Crippen molar-refractivity contribution in [1.29, 1.82) is 0 Å². The van der Waals surface area contributed by atoms with Crippen LogP contribution in [0.5, 0.6) is 5.75 Å². The number of nitrogens with zero attached hydrogens (tertiary/aromatic N) is 1. The number of methoxy groups -OCH3 is 1.